The molecule has 0 saturated carbocycles. The number of ether oxygens (including phenoxy) is 2. The van der Waals surface area contributed by atoms with Gasteiger partial charge in [0.15, 0.2) is 11.5 Å². The number of amides is 1. The van der Waals surface area contributed by atoms with E-state index in [1.165, 1.54) is 18.3 Å². The largest absolute Gasteiger partial charge is 0.454 e. The number of hydrogen-bond donors (Lipinski definition) is 1. The van der Waals surface area contributed by atoms with E-state index in [-0.39, 0.29) is 11.7 Å². The summed E-state index contributed by atoms with van der Waals surface area (Å²) in [5, 5.41) is 4.00. The highest BCUT2D eigenvalue weighted by Crippen LogP contribution is 2.36. The predicted molar refractivity (Wildman–Crippen MR) is 133 cm³/mol. The number of hydrogen-bond acceptors (Lipinski definition) is 6. The van der Waals surface area contributed by atoms with Crippen LogP contribution in [0.25, 0.3) is 0 Å². The molecule has 0 radical (unpaired) electrons. The summed E-state index contributed by atoms with van der Waals surface area (Å²) >= 11 is 3.43. The summed E-state index contributed by atoms with van der Waals surface area (Å²) in [6.07, 6.45) is 1.44. The van der Waals surface area contributed by atoms with Crippen LogP contribution in [0.4, 0.5) is 5.69 Å². The fourth-order valence-electron chi connectivity index (χ4n) is 3.40. The summed E-state index contributed by atoms with van der Waals surface area (Å²) in [7, 11) is -4.00. The lowest BCUT2D eigenvalue weighted by Crippen LogP contribution is -2.40. The number of nitrogens with one attached hydrogen (secondary N) is 1. The van der Waals surface area contributed by atoms with Crippen LogP contribution in [0.5, 0.6) is 11.5 Å². The van der Waals surface area contributed by atoms with Crippen molar-refractivity contribution in [1.82, 2.24) is 5.43 Å². The van der Waals surface area contributed by atoms with E-state index in [0.29, 0.717) is 27.2 Å². The molecule has 0 aliphatic carbocycles. The molecule has 0 fully saturated rings. The maximum atomic E-state index is 13.5. The van der Waals surface area contributed by atoms with Crippen molar-refractivity contribution in [2.24, 2.45) is 5.10 Å². The first-order valence-corrected chi connectivity index (χ1v) is 12.6. The molecule has 0 aromatic heterocycles. The Balaban J connectivity index is 1.58. The summed E-state index contributed by atoms with van der Waals surface area (Å²) in [5.74, 6) is 0.600. The van der Waals surface area contributed by atoms with Gasteiger partial charge >= 0.3 is 0 Å². The van der Waals surface area contributed by atoms with Gasteiger partial charge in [0, 0.05) is 10.0 Å². The molecule has 34 heavy (non-hydrogen) atoms. The van der Waals surface area contributed by atoms with E-state index in [9.17, 15) is 13.2 Å². The lowest BCUT2D eigenvalue weighted by atomic mass is 10.1. The van der Waals surface area contributed by atoms with Crippen molar-refractivity contribution < 1.29 is 22.7 Å². The first-order valence-electron chi connectivity index (χ1n) is 10.3. The lowest BCUT2D eigenvalue weighted by Gasteiger charge is -2.26. The monoisotopic (exact) mass is 543 g/mol. The Kier molecular flexibility index (Phi) is 6.90. The van der Waals surface area contributed by atoms with Gasteiger partial charge in [-0.2, -0.15) is 5.10 Å². The highest BCUT2D eigenvalue weighted by Gasteiger charge is 2.28. The zero-order chi connectivity index (χ0) is 24.3. The number of aryl methyl sites for hydroxylation is 1. The molecule has 4 rings (SSSR count). The fraction of sp³-hybridized carbons (Fsp3) is 0.167. The molecule has 8 nitrogen and oxygen atoms in total. The maximum absolute atomic E-state index is 13.5. The van der Waals surface area contributed by atoms with E-state index in [4.69, 9.17) is 9.47 Å². The van der Waals surface area contributed by atoms with Crippen molar-refractivity contribution in [2.75, 3.05) is 17.6 Å². The molecule has 176 valence electrons. The number of rotatable bonds is 7. The summed E-state index contributed by atoms with van der Waals surface area (Å²) in [6.45, 7) is 3.41. The van der Waals surface area contributed by atoms with Crippen LogP contribution in [-0.2, 0) is 14.8 Å². The minimum atomic E-state index is -4.00. The Morgan fingerprint density at radius 2 is 1.79 bits per heavy atom. The minimum Gasteiger partial charge on any atom is -0.454 e. The van der Waals surface area contributed by atoms with Crippen molar-refractivity contribution in [3.8, 4) is 11.5 Å². The van der Waals surface area contributed by atoms with Gasteiger partial charge in [0.05, 0.1) is 16.8 Å². The van der Waals surface area contributed by atoms with Crippen LogP contribution in [-0.4, -0.2) is 33.9 Å². The summed E-state index contributed by atoms with van der Waals surface area (Å²) in [5.41, 5.74) is 5.19. The van der Waals surface area contributed by atoms with Gasteiger partial charge in [0.1, 0.15) is 6.54 Å². The van der Waals surface area contributed by atoms with Crippen molar-refractivity contribution in [1.29, 1.82) is 0 Å². The standard InChI is InChI=1S/C24H22BrN3O5S/c1-16-7-6-10-21(17(16)2)28(34(30,31)19-8-4-3-5-9-19)14-24(29)27-26-13-18-11-22-23(12-20(18)25)33-15-32-22/h3-13H,14-15H2,1-2H3,(H,27,29)/b26-13-. The van der Waals surface area contributed by atoms with E-state index in [0.717, 1.165) is 15.4 Å². The Hall–Kier alpha value is -3.37. The molecule has 3 aromatic carbocycles. The number of carbonyl (C=O) groups excluding carboxylic acids is 1. The molecule has 1 aliphatic heterocycles. The van der Waals surface area contributed by atoms with Gasteiger partial charge < -0.3 is 9.47 Å². The Labute approximate surface area is 206 Å². The maximum Gasteiger partial charge on any atom is 0.264 e. The van der Waals surface area contributed by atoms with Gasteiger partial charge in [0.2, 0.25) is 6.79 Å². The highest BCUT2D eigenvalue weighted by atomic mass is 79.9. The van der Waals surface area contributed by atoms with E-state index < -0.39 is 22.5 Å². The third kappa shape index (κ3) is 4.92. The molecule has 1 N–H and O–H groups in total. The molecule has 0 bridgehead atoms. The zero-order valence-corrected chi connectivity index (χ0v) is 20.9. The zero-order valence-electron chi connectivity index (χ0n) is 18.5. The van der Waals surface area contributed by atoms with E-state index in [1.54, 1.807) is 42.5 Å². The Bertz CT molecular complexity index is 1360. The van der Waals surface area contributed by atoms with Crippen molar-refractivity contribution in [3.63, 3.8) is 0 Å². The van der Waals surface area contributed by atoms with Crippen molar-refractivity contribution in [3.05, 3.63) is 81.8 Å². The van der Waals surface area contributed by atoms with Gasteiger partial charge in [-0.1, -0.05) is 30.3 Å². The second-order valence-corrected chi connectivity index (χ2v) is 10.3. The number of fused-ring (bicyclic) bond motifs is 1. The summed E-state index contributed by atoms with van der Waals surface area (Å²) in [4.78, 5) is 12.9. The van der Waals surface area contributed by atoms with Crippen LogP contribution in [0.2, 0.25) is 0 Å². The third-order valence-corrected chi connectivity index (χ3v) is 7.81. The Morgan fingerprint density at radius 1 is 1.09 bits per heavy atom. The molecule has 1 aliphatic rings. The van der Waals surface area contributed by atoms with Gasteiger partial charge in [-0.05, 0) is 71.2 Å². The van der Waals surface area contributed by atoms with Gasteiger partial charge in [0.25, 0.3) is 15.9 Å². The molecule has 0 atom stereocenters. The smallest absolute Gasteiger partial charge is 0.264 e. The van der Waals surface area contributed by atoms with Crippen LogP contribution in [0.1, 0.15) is 16.7 Å². The molecule has 3 aromatic rings. The Morgan fingerprint density at radius 3 is 2.53 bits per heavy atom. The van der Waals surface area contributed by atoms with Gasteiger partial charge in [-0.15, -0.1) is 0 Å². The number of sulfonamides is 1. The third-order valence-electron chi connectivity index (χ3n) is 5.35. The second kappa shape index (κ2) is 9.86. The highest BCUT2D eigenvalue weighted by molar-refractivity contribution is 9.10. The molecular formula is C24H22BrN3O5S. The summed E-state index contributed by atoms with van der Waals surface area (Å²) < 4.78 is 39.4. The first-order chi connectivity index (χ1) is 16.3. The van der Waals surface area contributed by atoms with Crippen LogP contribution in [0.3, 0.4) is 0 Å². The molecule has 1 amide bonds. The molecule has 0 unspecified atom stereocenters. The number of benzene rings is 3. The minimum absolute atomic E-state index is 0.0940. The average Bonchev–Trinajstić information content (AvgIpc) is 3.27. The molecule has 0 spiro atoms. The summed E-state index contributed by atoms with van der Waals surface area (Å²) in [6, 6.07) is 16.8. The van der Waals surface area contributed by atoms with E-state index in [1.807, 2.05) is 19.9 Å². The predicted octanol–water partition coefficient (Wildman–Crippen LogP) is 4.14. The number of anilines is 1. The van der Waals surface area contributed by atoms with Gasteiger partial charge in [-0.3, -0.25) is 9.10 Å². The topological polar surface area (TPSA) is 97.3 Å². The normalized spacial score (nSPS) is 12.7. The lowest BCUT2D eigenvalue weighted by molar-refractivity contribution is -0.119. The average molecular weight is 544 g/mol. The molecular weight excluding hydrogens is 522 g/mol. The SMILES string of the molecule is Cc1cccc(N(CC(=O)N/N=C\c2cc3c(cc2Br)OCO3)S(=O)(=O)c2ccccc2)c1C. The molecule has 1 heterocycles. The van der Waals surface area contributed by atoms with Crippen LogP contribution in [0.15, 0.2) is 75.1 Å². The molecule has 0 saturated heterocycles. The first kappa shape index (κ1) is 23.8. The van der Waals surface area contributed by atoms with Crippen LogP contribution >= 0.6 is 15.9 Å². The van der Waals surface area contributed by atoms with E-state index in [2.05, 4.69) is 26.5 Å². The second-order valence-electron chi connectivity index (χ2n) is 7.56. The van der Waals surface area contributed by atoms with Crippen LogP contribution < -0.4 is 19.2 Å². The van der Waals surface area contributed by atoms with Crippen molar-refractivity contribution in [2.45, 2.75) is 18.7 Å². The van der Waals surface area contributed by atoms with Gasteiger partial charge in [-0.25, -0.2) is 13.8 Å². The fourth-order valence-corrected chi connectivity index (χ4v) is 5.32. The number of halogens is 1. The van der Waals surface area contributed by atoms with Crippen LogP contribution in [0, 0.1) is 13.8 Å². The number of hydrazone groups is 1. The number of nitrogens with zero attached hydrogens (tertiary/aromatic N) is 2. The van der Waals surface area contributed by atoms with Crippen molar-refractivity contribution >= 4 is 43.8 Å². The molecule has 10 heteroatoms. The number of carbonyl (C=O) groups is 1. The van der Waals surface area contributed by atoms with E-state index >= 15 is 0 Å². The quantitative estimate of drug-likeness (QED) is 0.356.